The number of carbonyl (C=O) groups excluding carboxylic acids is 1. The fraction of sp³-hybridized carbons (Fsp3) is 0.125. The zero-order chi connectivity index (χ0) is 20.3. The monoisotopic (exact) mass is 472 g/mol. The van der Waals surface area contributed by atoms with Gasteiger partial charge in [0.25, 0.3) is 5.91 Å². The van der Waals surface area contributed by atoms with Gasteiger partial charge in [-0.3, -0.25) is 9.69 Å². The number of aliphatic imine (C=N–C) groups is 1. The van der Waals surface area contributed by atoms with Crippen molar-refractivity contribution in [2.45, 2.75) is 10.9 Å². The SMILES string of the molecule is CN1C(=O)C(c2cccc(S(F)(F)(F)(F)F)c2)N=C1c1ccc(F)c(Br)c1. The lowest BCUT2D eigenvalue weighted by molar-refractivity contribution is -0.126. The van der Waals surface area contributed by atoms with E-state index in [9.17, 15) is 28.6 Å². The first kappa shape index (κ1) is 19.7. The van der Waals surface area contributed by atoms with Gasteiger partial charge in [-0.2, -0.15) is 0 Å². The highest BCUT2D eigenvalue weighted by Gasteiger charge is 2.65. The van der Waals surface area contributed by atoms with Crippen molar-refractivity contribution in [2.75, 3.05) is 7.05 Å². The van der Waals surface area contributed by atoms with Crippen molar-refractivity contribution in [2.24, 2.45) is 4.99 Å². The molecule has 2 aromatic rings. The summed E-state index contributed by atoms with van der Waals surface area (Å²) < 4.78 is 78.7. The minimum Gasteiger partial charge on any atom is -0.298 e. The molecular weight excluding hydrogens is 462 g/mol. The Labute approximate surface area is 158 Å². The van der Waals surface area contributed by atoms with E-state index in [1.807, 2.05) is 0 Å². The van der Waals surface area contributed by atoms with Crippen LogP contribution in [0.25, 0.3) is 0 Å². The molecule has 2 aromatic carbocycles. The summed E-state index contributed by atoms with van der Waals surface area (Å²) in [7, 11) is -8.55. The molecule has 3 rings (SSSR count). The molecule has 146 valence electrons. The van der Waals surface area contributed by atoms with Crippen molar-refractivity contribution >= 4 is 37.9 Å². The van der Waals surface area contributed by atoms with Crippen molar-refractivity contribution in [3.63, 3.8) is 0 Å². The lowest BCUT2D eigenvalue weighted by Gasteiger charge is -2.40. The maximum atomic E-state index is 13.4. The molecule has 0 saturated heterocycles. The van der Waals surface area contributed by atoms with Gasteiger partial charge in [0.15, 0.2) is 6.04 Å². The number of amidine groups is 1. The summed E-state index contributed by atoms with van der Waals surface area (Å²) in [6, 6.07) is 4.84. The highest BCUT2D eigenvalue weighted by atomic mass is 79.9. The molecule has 1 unspecified atom stereocenters. The van der Waals surface area contributed by atoms with Gasteiger partial charge < -0.3 is 0 Å². The van der Waals surface area contributed by atoms with Gasteiger partial charge in [-0.1, -0.05) is 31.6 Å². The number of halogens is 7. The van der Waals surface area contributed by atoms with Crippen molar-refractivity contribution in [3.05, 3.63) is 63.9 Å². The number of likely N-dealkylation sites (N-methyl/N-ethyl adjacent to an activating group) is 1. The summed E-state index contributed by atoms with van der Waals surface area (Å²) in [5.74, 6) is -1.15. The Balaban J connectivity index is 2.07. The average Bonchev–Trinajstić information content (AvgIpc) is 2.84. The van der Waals surface area contributed by atoms with Crippen molar-refractivity contribution < 1.29 is 28.6 Å². The molecule has 0 N–H and O–H groups in total. The third kappa shape index (κ3) is 3.84. The van der Waals surface area contributed by atoms with Crippen LogP contribution in [0, 0.1) is 5.82 Å². The molecule has 0 aromatic heterocycles. The van der Waals surface area contributed by atoms with Gasteiger partial charge in [-0.15, -0.1) is 0 Å². The lowest BCUT2D eigenvalue weighted by Crippen LogP contribution is -2.29. The van der Waals surface area contributed by atoms with E-state index in [1.165, 1.54) is 19.2 Å². The zero-order valence-corrected chi connectivity index (χ0v) is 15.9. The van der Waals surface area contributed by atoms with Crippen LogP contribution in [0.15, 0.2) is 56.8 Å². The Bertz CT molecular complexity index is 993. The number of carbonyl (C=O) groups is 1. The highest BCUT2D eigenvalue weighted by molar-refractivity contribution is 9.10. The van der Waals surface area contributed by atoms with E-state index >= 15 is 0 Å². The van der Waals surface area contributed by atoms with Crippen LogP contribution in [0.4, 0.5) is 23.8 Å². The maximum Gasteiger partial charge on any atom is 0.310 e. The van der Waals surface area contributed by atoms with Crippen LogP contribution in [0.1, 0.15) is 17.2 Å². The van der Waals surface area contributed by atoms with Crippen LogP contribution in [0.5, 0.6) is 0 Å². The molecule has 1 aliphatic rings. The van der Waals surface area contributed by atoms with Gasteiger partial charge in [0.1, 0.15) is 16.5 Å². The van der Waals surface area contributed by atoms with Gasteiger partial charge in [0.2, 0.25) is 0 Å². The van der Waals surface area contributed by atoms with E-state index in [0.29, 0.717) is 5.56 Å². The van der Waals surface area contributed by atoms with Crippen LogP contribution >= 0.6 is 26.2 Å². The number of hydrogen-bond donors (Lipinski definition) is 0. The molecule has 27 heavy (non-hydrogen) atoms. The smallest absolute Gasteiger partial charge is 0.298 e. The van der Waals surface area contributed by atoms with Gasteiger partial charge in [0.05, 0.1) is 4.47 Å². The van der Waals surface area contributed by atoms with Gasteiger partial charge in [-0.25, -0.2) is 9.38 Å². The van der Waals surface area contributed by atoms with Crippen molar-refractivity contribution in [1.82, 2.24) is 4.90 Å². The summed E-state index contributed by atoms with van der Waals surface area (Å²) in [5, 5.41) is 0. The standard InChI is InChI=1S/C16H11BrF6N2OS/c1-25-15(10-5-6-13(18)12(17)8-10)24-14(16(25)26)9-3-2-4-11(7-9)27(19,20,21,22)23/h2-8,14H,1H3. The van der Waals surface area contributed by atoms with Crippen LogP contribution in [-0.2, 0) is 4.79 Å². The number of hydrogen-bond acceptors (Lipinski definition) is 2. The third-order valence-corrected chi connectivity index (χ3v) is 5.68. The number of benzene rings is 2. The third-order valence-electron chi connectivity index (χ3n) is 3.93. The predicted octanol–water partition coefficient (Wildman–Crippen LogP) is 6.21. The summed E-state index contributed by atoms with van der Waals surface area (Å²) in [4.78, 5) is 15.5. The minimum atomic E-state index is -9.89. The zero-order valence-electron chi connectivity index (χ0n) is 13.5. The Morgan fingerprint density at radius 1 is 1.07 bits per heavy atom. The largest absolute Gasteiger partial charge is 0.310 e. The summed E-state index contributed by atoms with van der Waals surface area (Å²) >= 11 is 2.99. The topological polar surface area (TPSA) is 32.7 Å². The number of rotatable bonds is 3. The minimum absolute atomic E-state index is 0.0865. The van der Waals surface area contributed by atoms with E-state index in [0.717, 1.165) is 23.1 Å². The van der Waals surface area contributed by atoms with Crippen LogP contribution in [-0.4, -0.2) is 23.7 Å². The number of amides is 1. The van der Waals surface area contributed by atoms with Gasteiger partial charge >= 0.3 is 10.2 Å². The summed E-state index contributed by atoms with van der Waals surface area (Å²) in [5.41, 5.74) is 0.0271. The molecule has 3 nitrogen and oxygen atoms in total. The van der Waals surface area contributed by atoms with E-state index < -0.39 is 32.9 Å². The highest BCUT2D eigenvalue weighted by Crippen LogP contribution is 3.02. The molecule has 0 radical (unpaired) electrons. The Kier molecular flexibility index (Phi) is 4.03. The quantitative estimate of drug-likeness (QED) is 0.489. The van der Waals surface area contributed by atoms with Crippen LogP contribution in [0.3, 0.4) is 0 Å². The molecule has 1 heterocycles. The van der Waals surface area contributed by atoms with E-state index in [2.05, 4.69) is 20.9 Å². The van der Waals surface area contributed by atoms with E-state index in [-0.39, 0.29) is 28.0 Å². The fourth-order valence-corrected chi connectivity index (χ4v) is 3.67. The molecule has 1 atom stereocenters. The molecule has 1 amide bonds. The molecular formula is C16H11BrF6N2OS. The Morgan fingerprint density at radius 2 is 1.74 bits per heavy atom. The van der Waals surface area contributed by atoms with Gasteiger partial charge in [0, 0.05) is 12.6 Å². The maximum absolute atomic E-state index is 13.4. The second-order valence-electron chi connectivity index (χ2n) is 5.92. The molecule has 11 heteroatoms. The second kappa shape index (κ2) is 5.51. The summed E-state index contributed by atoms with van der Waals surface area (Å²) in [6.07, 6.45) is 0. The Hall–Kier alpha value is -2.01. The predicted molar refractivity (Wildman–Crippen MR) is 94.0 cm³/mol. The van der Waals surface area contributed by atoms with Crippen molar-refractivity contribution in [3.8, 4) is 0 Å². The van der Waals surface area contributed by atoms with Gasteiger partial charge in [-0.05, 0) is 51.8 Å². The van der Waals surface area contributed by atoms with Crippen LogP contribution < -0.4 is 0 Å². The fourth-order valence-electron chi connectivity index (χ4n) is 2.60. The Morgan fingerprint density at radius 3 is 2.33 bits per heavy atom. The first-order valence-corrected chi connectivity index (χ1v) is 10.1. The molecule has 1 aliphatic heterocycles. The first-order valence-electron chi connectivity index (χ1n) is 7.32. The molecule has 0 saturated carbocycles. The van der Waals surface area contributed by atoms with Crippen LogP contribution in [0.2, 0.25) is 0 Å². The summed E-state index contributed by atoms with van der Waals surface area (Å²) in [6.45, 7) is 0. The number of nitrogens with zero attached hydrogens (tertiary/aromatic N) is 2. The van der Waals surface area contributed by atoms with E-state index in [4.69, 9.17) is 0 Å². The second-order valence-corrected chi connectivity index (χ2v) is 9.19. The average molecular weight is 473 g/mol. The molecule has 0 fully saturated rings. The van der Waals surface area contributed by atoms with E-state index in [1.54, 1.807) is 0 Å². The van der Waals surface area contributed by atoms with Crippen molar-refractivity contribution in [1.29, 1.82) is 0 Å². The normalized spacial score (nSPS) is 20.3. The molecule has 0 bridgehead atoms. The molecule has 0 spiro atoms. The first-order chi connectivity index (χ1) is 12.2. The lowest BCUT2D eigenvalue weighted by atomic mass is 10.1. The molecule has 0 aliphatic carbocycles.